The fraction of sp³-hybridized carbons (Fsp3) is 0.950. The number of amides is 1. The van der Waals surface area contributed by atoms with Gasteiger partial charge in [0.2, 0.25) is 0 Å². The number of hydrogen-bond donors (Lipinski definition) is 2. The van der Waals surface area contributed by atoms with E-state index in [1.807, 2.05) is 34.6 Å². The number of nitrogens with one attached hydrogen (secondary N) is 2. The highest BCUT2D eigenvalue weighted by Gasteiger charge is 2.23. The summed E-state index contributed by atoms with van der Waals surface area (Å²) in [5.74, 6) is 0.681. The molecule has 1 aliphatic rings. The quantitative estimate of drug-likeness (QED) is 0.608. The topological polar surface area (TPSA) is 62.8 Å². The highest BCUT2D eigenvalue weighted by molar-refractivity contribution is 5.68. The molecule has 6 heteroatoms. The summed E-state index contributed by atoms with van der Waals surface area (Å²) in [4.78, 5) is 14.2. The molecule has 0 radical (unpaired) electrons. The normalized spacial score (nSPS) is 16.2. The van der Waals surface area contributed by atoms with Crippen molar-refractivity contribution in [3.8, 4) is 0 Å². The Morgan fingerprint density at radius 2 is 1.77 bits per heavy atom. The second-order valence-electron chi connectivity index (χ2n) is 7.97. The first-order valence-corrected chi connectivity index (χ1v) is 10.3. The number of rotatable bonds is 9. The van der Waals surface area contributed by atoms with E-state index in [2.05, 4.69) is 29.4 Å². The summed E-state index contributed by atoms with van der Waals surface area (Å²) in [6, 6.07) is 0.220. The van der Waals surface area contributed by atoms with Gasteiger partial charge in [-0.2, -0.15) is 0 Å². The molecule has 26 heavy (non-hydrogen) atoms. The molecule has 0 bridgehead atoms. The van der Waals surface area contributed by atoms with Crippen LogP contribution in [0.15, 0.2) is 0 Å². The lowest BCUT2D eigenvalue weighted by atomic mass is 10.1. The molecule has 0 aromatic rings. The maximum Gasteiger partial charge on any atom is 0.407 e. The van der Waals surface area contributed by atoms with E-state index in [9.17, 15) is 4.79 Å². The molecule has 156 valence electrons. The summed E-state index contributed by atoms with van der Waals surface area (Å²) < 4.78 is 11.0. The van der Waals surface area contributed by atoms with Crippen LogP contribution in [0.1, 0.15) is 61.3 Å². The largest absolute Gasteiger partial charge is 0.444 e. The average molecular weight is 374 g/mol. The van der Waals surface area contributed by atoms with Gasteiger partial charge in [0.15, 0.2) is 0 Å². The molecule has 2 N–H and O–H groups in total. The summed E-state index contributed by atoms with van der Waals surface area (Å²) in [6.45, 7) is 20.5. The van der Waals surface area contributed by atoms with Crippen molar-refractivity contribution < 1.29 is 14.3 Å². The van der Waals surface area contributed by atoms with Crippen molar-refractivity contribution in [3.05, 3.63) is 0 Å². The van der Waals surface area contributed by atoms with Crippen LogP contribution in [-0.2, 0) is 9.47 Å². The zero-order valence-corrected chi connectivity index (χ0v) is 18.2. The smallest absolute Gasteiger partial charge is 0.407 e. The molecule has 0 atom stereocenters. The predicted molar refractivity (Wildman–Crippen MR) is 109 cm³/mol. The van der Waals surface area contributed by atoms with Crippen LogP contribution < -0.4 is 10.6 Å². The van der Waals surface area contributed by atoms with Gasteiger partial charge in [-0.1, -0.05) is 27.7 Å². The molecule has 1 rings (SSSR count). The molecule has 0 unspecified atom stereocenters. The molecule has 1 amide bonds. The van der Waals surface area contributed by atoms with Crippen LogP contribution in [0.5, 0.6) is 0 Å². The summed E-state index contributed by atoms with van der Waals surface area (Å²) in [7, 11) is 0. The van der Waals surface area contributed by atoms with Gasteiger partial charge in [-0.15, -0.1) is 0 Å². The van der Waals surface area contributed by atoms with Gasteiger partial charge in [-0.25, -0.2) is 4.79 Å². The minimum Gasteiger partial charge on any atom is -0.444 e. The Morgan fingerprint density at radius 1 is 1.15 bits per heavy atom. The van der Waals surface area contributed by atoms with Gasteiger partial charge in [0, 0.05) is 32.2 Å². The number of nitrogens with zero attached hydrogens (tertiary/aromatic N) is 1. The SMILES string of the molecule is CC.CC(C)CNCCOCCN1CCC(NC(=O)OC(C)(C)C)CC1. The number of carbonyl (C=O) groups is 1. The third kappa shape index (κ3) is 14.3. The Kier molecular flexibility index (Phi) is 13.8. The van der Waals surface area contributed by atoms with E-state index in [-0.39, 0.29) is 12.1 Å². The lowest BCUT2D eigenvalue weighted by Gasteiger charge is -2.32. The van der Waals surface area contributed by atoms with E-state index in [1.54, 1.807) is 0 Å². The zero-order valence-electron chi connectivity index (χ0n) is 18.2. The minimum absolute atomic E-state index is 0.220. The van der Waals surface area contributed by atoms with Gasteiger partial charge in [-0.3, -0.25) is 0 Å². The van der Waals surface area contributed by atoms with Crippen molar-refractivity contribution in [2.45, 2.75) is 73.0 Å². The first-order valence-electron chi connectivity index (χ1n) is 10.3. The van der Waals surface area contributed by atoms with Crippen LogP contribution in [-0.4, -0.2) is 68.6 Å². The average Bonchev–Trinajstić information content (AvgIpc) is 2.55. The molecule has 0 spiro atoms. The molecular formula is C20H43N3O3. The maximum atomic E-state index is 11.8. The van der Waals surface area contributed by atoms with Crippen molar-refractivity contribution in [3.63, 3.8) is 0 Å². The van der Waals surface area contributed by atoms with Crippen LogP contribution >= 0.6 is 0 Å². The molecule has 0 aromatic carbocycles. The minimum atomic E-state index is -0.438. The second-order valence-corrected chi connectivity index (χ2v) is 7.97. The summed E-state index contributed by atoms with van der Waals surface area (Å²) in [6.07, 6.45) is 1.63. The van der Waals surface area contributed by atoms with E-state index in [1.165, 1.54) is 0 Å². The van der Waals surface area contributed by atoms with Crippen molar-refractivity contribution in [2.24, 2.45) is 5.92 Å². The number of likely N-dealkylation sites (tertiary alicyclic amines) is 1. The van der Waals surface area contributed by atoms with Crippen LogP contribution in [0, 0.1) is 5.92 Å². The van der Waals surface area contributed by atoms with Crippen LogP contribution in [0.25, 0.3) is 0 Å². The van der Waals surface area contributed by atoms with E-state index in [4.69, 9.17) is 9.47 Å². The molecule has 0 aromatic heterocycles. The molecule has 1 saturated heterocycles. The zero-order chi connectivity index (χ0) is 20.0. The van der Waals surface area contributed by atoms with Crippen molar-refractivity contribution in [1.29, 1.82) is 0 Å². The van der Waals surface area contributed by atoms with Crippen molar-refractivity contribution >= 4 is 6.09 Å². The van der Waals surface area contributed by atoms with E-state index < -0.39 is 5.60 Å². The first-order chi connectivity index (χ1) is 12.3. The number of hydrogen-bond acceptors (Lipinski definition) is 5. The number of ether oxygens (including phenoxy) is 2. The Balaban J connectivity index is 0.00000301. The van der Waals surface area contributed by atoms with E-state index in [0.717, 1.165) is 58.8 Å². The van der Waals surface area contributed by atoms with Crippen LogP contribution in [0.2, 0.25) is 0 Å². The third-order valence-electron chi connectivity index (χ3n) is 3.84. The number of carbonyl (C=O) groups excluding carboxylic acids is 1. The fourth-order valence-electron chi connectivity index (χ4n) is 2.61. The van der Waals surface area contributed by atoms with Gasteiger partial charge in [-0.05, 0) is 46.1 Å². The van der Waals surface area contributed by atoms with Gasteiger partial charge in [0.1, 0.15) is 5.60 Å². The van der Waals surface area contributed by atoms with Crippen LogP contribution in [0.3, 0.4) is 0 Å². The predicted octanol–water partition coefficient (Wildman–Crippen LogP) is 3.26. The summed E-state index contributed by atoms with van der Waals surface area (Å²) in [5, 5.41) is 6.34. The van der Waals surface area contributed by atoms with Gasteiger partial charge >= 0.3 is 6.09 Å². The summed E-state index contributed by atoms with van der Waals surface area (Å²) >= 11 is 0. The van der Waals surface area contributed by atoms with E-state index >= 15 is 0 Å². The number of alkyl carbamates (subject to hydrolysis) is 1. The Hall–Kier alpha value is -0.850. The van der Waals surface area contributed by atoms with Gasteiger partial charge < -0.3 is 25.0 Å². The summed E-state index contributed by atoms with van der Waals surface area (Å²) in [5.41, 5.74) is -0.438. The van der Waals surface area contributed by atoms with Crippen molar-refractivity contribution in [1.82, 2.24) is 15.5 Å². The third-order valence-corrected chi connectivity index (χ3v) is 3.84. The maximum absolute atomic E-state index is 11.8. The first kappa shape index (κ1) is 25.1. The number of piperidine rings is 1. The van der Waals surface area contributed by atoms with Gasteiger partial charge in [0.25, 0.3) is 0 Å². The monoisotopic (exact) mass is 373 g/mol. The molecular weight excluding hydrogens is 330 g/mol. The van der Waals surface area contributed by atoms with Gasteiger partial charge in [0.05, 0.1) is 13.2 Å². The molecule has 1 fully saturated rings. The Bertz CT molecular complexity index is 349. The standard InChI is InChI=1S/C18H37N3O3.C2H6/c1-15(2)14-19-8-12-23-13-11-21-9-6-16(7-10-21)20-17(22)24-18(3,4)5;1-2/h15-16,19H,6-14H2,1-5H3,(H,20,22);1-2H3. The highest BCUT2D eigenvalue weighted by atomic mass is 16.6. The molecule has 0 aliphatic carbocycles. The second kappa shape index (κ2) is 14.2. The molecule has 0 saturated carbocycles. The fourth-order valence-corrected chi connectivity index (χ4v) is 2.61. The van der Waals surface area contributed by atoms with Crippen molar-refractivity contribution in [2.75, 3.05) is 45.9 Å². The lowest BCUT2D eigenvalue weighted by Crippen LogP contribution is -2.46. The lowest BCUT2D eigenvalue weighted by molar-refractivity contribution is 0.0465. The van der Waals surface area contributed by atoms with Crippen LogP contribution in [0.4, 0.5) is 4.79 Å². The highest BCUT2D eigenvalue weighted by Crippen LogP contribution is 2.12. The Labute approximate surface area is 161 Å². The molecule has 1 aliphatic heterocycles. The van der Waals surface area contributed by atoms with E-state index in [0.29, 0.717) is 5.92 Å². The molecule has 1 heterocycles. The Morgan fingerprint density at radius 3 is 2.31 bits per heavy atom. The molecule has 6 nitrogen and oxygen atoms in total.